The van der Waals surface area contributed by atoms with Gasteiger partial charge >= 0.3 is 0 Å². The van der Waals surface area contributed by atoms with Gasteiger partial charge in [-0.1, -0.05) is 0 Å². The summed E-state index contributed by atoms with van der Waals surface area (Å²) in [4.78, 5) is 0. The molecule has 1 saturated carbocycles. The molecule has 7 heavy (non-hydrogen) atoms. The van der Waals surface area contributed by atoms with Gasteiger partial charge in [-0.05, 0) is 18.2 Å². The zero-order valence-electron chi connectivity index (χ0n) is 4.07. The highest BCUT2D eigenvalue weighted by atomic mass is 15.0. The molecule has 0 aromatic carbocycles. The topological polar surface area (TPSA) is 38.0 Å². The molecule has 38 valence electrons. The molecule has 0 bridgehead atoms. The maximum absolute atomic E-state index is 5.72. The summed E-state index contributed by atoms with van der Waals surface area (Å²) >= 11 is 0. The van der Waals surface area contributed by atoms with E-state index >= 15 is 0 Å². The predicted molar refractivity (Wildman–Crippen MR) is 27.6 cm³/mol. The van der Waals surface area contributed by atoms with Gasteiger partial charge in [0.1, 0.15) is 0 Å². The number of nitrogens with one attached hydrogen (secondary N) is 1. The summed E-state index contributed by atoms with van der Waals surface area (Å²) in [5, 5.41) is 3.08. The molecule has 0 aromatic rings. The van der Waals surface area contributed by atoms with Gasteiger partial charge in [0.2, 0.25) is 0 Å². The van der Waals surface area contributed by atoms with Gasteiger partial charge in [-0.15, -0.1) is 0 Å². The second kappa shape index (κ2) is 0.713. The van der Waals surface area contributed by atoms with Crippen molar-refractivity contribution < 1.29 is 0 Å². The maximum Gasteiger partial charge on any atom is 0.0600 e. The zero-order chi connectivity index (χ0) is 4.91. The van der Waals surface area contributed by atoms with E-state index in [-0.39, 0.29) is 5.54 Å². The summed E-state index contributed by atoms with van der Waals surface area (Å²) < 4.78 is 0. The number of hydrogen-bond donors (Lipinski definition) is 2. The molecular formula is C5H8N2. The van der Waals surface area contributed by atoms with Crippen LogP contribution in [0, 0.1) is 0 Å². The Morgan fingerprint density at radius 2 is 2.71 bits per heavy atom. The highest BCUT2D eigenvalue weighted by Crippen LogP contribution is 2.41. The zero-order valence-corrected chi connectivity index (χ0v) is 4.07. The van der Waals surface area contributed by atoms with Crippen LogP contribution in [-0.4, -0.2) is 12.1 Å². The summed E-state index contributed by atoms with van der Waals surface area (Å²) in [6.07, 6.45) is 3.15. The van der Waals surface area contributed by atoms with E-state index in [1.165, 1.54) is 5.57 Å². The van der Waals surface area contributed by atoms with Crippen LogP contribution in [0.3, 0.4) is 0 Å². The number of rotatable bonds is 0. The first-order valence-corrected chi connectivity index (χ1v) is 2.53. The van der Waals surface area contributed by atoms with Crippen molar-refractivity contribution in [1.29, 1.82) is 0 Å². The Morgan fingerprint density at radius 1 is 1.86 bits per heavy atom. The van der Waals surface area contributed by atoms with Crippen molar-refractivity contribution in [3.05, 3.63) is 11.8 Å². The van der Waals surface area contributed by atoms with Crippen molar-refractivity contribution in [3.63, 3.8) is 0 Å². The van der Waals surface area contributed by atoms with Gasteiger partial charge in [0.25, 0.3) is 0 Å². The van der Waals surface area contributed by atoms with Crippen molar-refractivity contribution in [2.75, 3.05) is 6.54 Å². The number of fused-ring (bicyclic) bond motifs is 1. The van der Waals surface area contributed by atoms with Gasteiger partial charge in [-0.25, -0.2) is 0 Å². The van der Waals surface area contributed by atoms with Crippen molar-refractivity contribution in [2.24, 2.45) is 5.73 Å². The monoisotopic (exact) mass is 96.1 g/mol. The third kappa shape index (κ3) is 0.280. The molecule has 1 fully saturated rings. The number of hydrogen-bond acceptors (Lipinski definition) is 2. The third-order valence-electron chi connectivity index (χ3n) is 1.71. The largest absolute Gasteiger partial charge is 0.389 e. The van der Waals surface area contributed by atoms with Gasteiger partial charge in [-0.3, -0.25) is 0 Å². The lowest BCUT2D eigenvalue weighted by Crippen LogP contribution is -2.29. The van der Waals surface area contributed by atoms with E-state index in [1.807, 2.05) is 6.20 Å². The van der Waals surface area contributed by atoms with E-state index in [4.69, 9.17) is 5.73 Å². The molecule has 2 aliphatic rings. The van der Waals surface area contributed by atoms with Crippen LogP contribution in [0.5, 0.6) is 0 Å². The summed E-state index contributed by atoms with van der Waals surface area (Å²) in [6.45, 7) is 0.961. The third-order valence-corrected chi connectivity index (χ3v) is 1.71. The van der Waals surface area contributed by atoms with E-state index in [2.05, 4.69) is 5.32 Å². The summed E-state index contributed by atoms with van der Waals surface area (Å²) in [5.74, 6) is 0. The minimum atomic E-state index is 0.111. The first kappa shape index (κ1) is 3.50. The molecule has 0 spiro atoms. The molecule has 0 radical (unpaired) electrons. The lowest BCUT2D eigenvalue weighted by Gasteiger charge is -1.99. The minimum absolute atomic E-state index is 0.111. The van der Waals surface area contributed by atoms with Crippen LogP contribution < -0.4 is 11.1 Å². The second-order valence-electron chi connectivity index (χ2n) is 2.38. The highest BCUT2D eigenvalue weighted by Gasteiger charge is 2.47. The summed E-state index contributed by atoms with van der Waals surface area (Å²) in [6, 6.07) is 0. The van der Waals surface area contributed by atoms with Crippen molar-refractivity contribution in [3.8, 4) is 0 Å². The molecule has 0 saturated heterocycles. The average Bonchev–Trinajstić information content (AvgIpc) is 2.09. The van der Waals surface area contributed by atoms with E-state index in [1.54, 1.807) is 0 Å². The molecule has 1 atom stereocenters. The van der Waals surface area contributed by atoms with Gasteiger partial charge in [0, 0.05) is 6.54 Å². The highest BCUT2D eigenvalue weighted by molar-refractivity contribution is 5.42. The van der Waals surface area contributed by atoms with Crippen molar-refractivity contribution in [2.45, 2.75) is 12.0 Å². The van der Waals surface area contributed by atoms with E-state index in [9.17, 15) is 0 Å². The Hall–Kier alpha value is -0.500. The van der Waals surface area contributed by atoms with Gasteiger partial charge in [-0.2, -0.15) is 0 Å². The minimum Gasteiger partial charge on any atom is -0.389 e. The van der Waals surface area contributed by atoms with Gasteiger partial charge in [0.15, 0.2) is 0 Å². The molecule has 2 rings (SSSR count). The molecule has 0 aromatic heterocycles. The Kier molecular flexibility index (Phi) is 0.356. The van der Waals surface area contributed by atoms with Crippen molar-refractivity contribution >= 4 is 0 Å². The Bertz CT molecular complexity index is 139. The van der Waals surface area contributed by atoms with E-state index in [0.717, 1.165) is 13.0 Å². The Morgan fingerprint density at radius 3 is 2.86 bits per heavy atom. The summed E-state index contributed by atoms with van der Waals surface area (Å²) in [7, 11) is 0. The fourth-order valence-electron chi connectivity index (χ4n) is 1.02. The first-order chi connectivity index (χ1) is 3.31. The summed E-state index contributed by atoms with van der Waals surface area (Å²) in [5.41, 5.74) is 7.23. The van der Waals surface area contributed by atoms with Crippen LogP contribution in [0.1, 0.15) is 6.42 Å². The molecule has 1 heterocycles. The average molecular weight is 96.1 g/mol. The lowest BCUT2D eigenvalue weighted by molar-refractivity contribution is 0.680. The van der Waals surface area contributed by atoms with Crippen LogP contribution in [0.15, 0.2) is 11.8 Å². The van der Waals surface area contributed by atoms with Crippen LogP contribution in [0.25, 0.3) is 0 Å². The number of nitrogens with two attached hydrogens (primary N) is 1. The molecule has 3 N–H and O–H groups in total. The van der Waals surface area contributed by atoms with Gasteiger partial charge < -0.3 is 11.1 Å². The first-order valence-electron chi connectivity index (χ1n) is 2.53. The van der Waals surface area contributed by atoms with Gasteiger partial charge in [0.05, 0.1) is 5.54 Å². The van der Waals surface area contributed by atoms with Crippen LogP contribution in [0.4, 0.5) is 0 Å². The van der Waals surface area contributed by atoms with E-state index in [0.29, 0.717) is 0 Å². The van der Waals surface area contributed by atoms with Crippen LogP contribution >= 0.6 is 0 Å². The Balaban J connectivity index is 2.37. The van der Waals surface area contributed by atoms with Crippen molar-refractivity contribution in [1.82, 2.24) is 5.32 Å². The molecule has 1 aliphatic heterocycles. The standard InChI is InChI=1S/C5H8N2/c6-5-1-4(5)2-7-3-5/h2,7H,1,3,6H2/t5-/m0/s1. The molecule has 0 amide bonds. The van der Waals surface area contributed by atoms with E-state index < -0.39 is 0 Å². The molecular weight excluding hydrogens is 88.1 g/mol. The fraction of sp³-hybridized carbons (Fsp3) is 0.600. The molecule has 0 unspecified atom stereocenters. The Labute approximate surface area is 42.4 Å². The maximum atomic E-state index is 5.72. The molecule has 2 nitrogen and oxygen atoms in total. The SMILES string of the molecule is N[C@@]12CNC=C1C2. The predicted octanol–water partition coefficient (Wildman–Crippen LogP) is -0.425. The quantitative estimate of drug-likeness (QED) is 0.429. The normalized spacial score (nSPS) is 44.4. The van der Waals surface area contributed by atoms with Crippen LogP contribution in [-0.2, 0) is 0 Å². The van der Waals surface area contributed by atoms with Crippen LogP contribution in [0.2, 0.25) is 0 Å². The molecule has 1 aliphatic carbocycles. The smallest absolute Gasteiger partial charge is 0.0600 e. The second-order valence-corrected chi connectivity index (χ2v) is 2.38. The lowest BCUT2D eigenvalue weighted by atomic mass is 10.3. The fourth-order valence-corrected chi connectivity index (χ4v) is 1.02. The molecule has 2 heteroatoms.